The van der Waals surface area contributed by atoms with Crippen molar-refractivity contribution in [1.29, 1.82) is 0 Å². The molecule has 2 aromatic rings. The van der Waals surface area contributed by atoms with E-state index in [4.69, 9.17) is 21.1 Å². The zero-order chi connectivity index (χ0) is 33.6. The average Bonchev–Trinajstić information content (AvgIpc) is 3.71. The Morgan fingerprint density at radius 1 is 1.09 bits per heavy atom. The molecule has 1 aliphatic carbocycles. The molecule has 1 fully saturated rings. The Kier molecular flexibility index (Phi) is 11.0. The van der Waals surface area contributed by atoms with Gasteiger partial charge in [0.05, 0.1) is 0 Å². The molecular weight excluding hydrogens is 608 g/mol. The molecule has 0 bridgehead atoms. The number of nitrogens with zero attached hydrogens (tertiary/aromatic N) is 1. The molecule has 0 radical (unpaired) electrons. The van der Waals surface area contributed by atoms with E-state index >= 15 is 0 Å². The van der Waals surface area contributed by atoms with Gasteiger partial charge < -0.3 is 24.8 Å². The summed E-state index contributed by atoms with van der Waals surface area (Å²) >= 11 is 6.12. The number of allylic oxidation sites excluding steroid dienone is 1. The number of hydrogen-bond acceptors (Lipinski definition) is 6. The van der Waals surface area contributed by atoms with Gasteiger partial charge in [0.2, 0.25) is 11.8 Å². The minimum absolute atomic E-state index is 0.0461. The van der Waals surface area contributed by atoms with Gasteiger partial charge in [-0.15, -0.1) is 13.2 Å². The van der Waals surface area contributed by atoms with Crippen LogP contribution in [0.3, 0.4) is 0 Å². The molecular formula is C36H43ClN2O7. The first kappa shape index (κ1) is 34.8. The zero-order valence-corrected chi connectivity index (χ0v) is 27.5. The van der Waals surface area contributed by atoms with Crippen LogP contribution in [0.5, 0.6) is 11.5 Å². The standard InChI is InChI=1S/C36H43ClN2O7/c1-6-8-9-10-11-15-29(33(42)46-35(3,4)5)32(41)39-22-23-16-17-28(45-27-14-12-13-26(37)20-27)18-24(23)19-30(39)31(40)38-36(34(43)44)21-25(36)7-2/h6-7,12-14,16-18,20,25,29-30H,1-2,8-11,15,19,21-22H2,3-5H3,(H,38,40)(H,43,44)/t25?,29-,30?,36?/m0/s1. The Bertz CT molecular complexity index is 1500. The molecule has 4 atom stereocenters. The molecule has 0 spiro atoms. The summed E-state index contributed by atoms with van der Waals surface area (Å²) in [6.07, 6.45) is 7.01. The molecule has 246 valence electrons. The first-order valence-electron chi connectivity index (χ1n) is 15.7. The molecule has 2 aliphatic rings. The predicted octanol–water partition coefficient (Wildman–Crippen LogP) is 6.63. The number of rotatable bonds is 14. The lowest BCUT2D eigenvalue weighted by atomic mass is 9.90. The van der Waals surface area contributed by atoms with Crippen molar-refractivity contribution in [3.8, 4) is 11.5 Å². The lowest BCUT2D eigenvalue weighted by molar-refractivity contribution is -0.167. The summed E-state index contributed by atoms with van der Waals surface area (Å²) in [6, 6.07) is 11.3. The summed E-state index contributed by atoms with van der Waals surface area (Å²) in [5.41, 5.74) is -0.750. The third kappa shape index (κ3) is 8.37. The van der Waals surface area contributed by atoms with Crippen molar-refractivity contribution < 1.29 is 33.8 Å². The largest absolute Gasteiger partial charge is 0.479 e. The van der Waals surface area contributed by atoms with Crippen LogP contribution in [0, 0.1) is 11.8 Å². The second kappa shape index (κ2) is 14.5. The summed E-state index contributed by atoms with van der Waals surface area (Å²) in [4.78, 5) is 55.3. The highest BCUT2D eigenvalue weighted by Crippen LogP contribution is 2.45. The van der Waals surface area contributed by atoms with E-state index in [-0.39, 0.29) is 25.8 Å². The molecule has 1 heterocycles. The van der Waals surface area contributed by atoms with Gasteiger partial charge >= 0.3 is 11.9 Å². The third-order valence-electron chi connectivity index (χ3n) is 8.34. The van der Waals surface area contributed by atoms with Crippen LogP contribution in [0.2, 0.25) is 5.02 Å². The fourth-order valence-corrected chi connectivity index (χ4v) is 5.98. The number of hydrogen-bond donors (Lipinski definition) is 2. The quantitative estimate of drug-likeness (QED) is 0.102. The lowest BCUT2D eigenvalue weighted by Crippen LogP contribution is -2.58. The Balaban J connectivity index is 1.66. The summed E-state index contributed by atoms with van der Waals surface area (Å²) in [5.74, 6) is -3.45. The normalized spacial score (nSPS) is 20.9. The maximum atomic E-state index is 14.3. The number of amides is 2. The first-order valence-corrected chi connectivity index (χ1v) is 16.0. The van der Waals surface area contributed by atoms with Crippen LogP contribution in [0.15, 0.2) is 67.8 Å². The Morgan fingerprint density at radius 3 is 2.46 bits per heavy atom. The van der Waals surface area contributed by atoms with Gasteiger partial charge in [0, 0.05) is 23.9 Å². The van der Waals surface area contributed by atoms with Gasteiger partial charge in [-0.05, 0) is 87.9 Å². The van der Waals surface area contributed by atoms with Gasteiger partial charge in [-0.3, -0.25) is 14.4 Å². The van der Waals surface area contributed by atoms with E-state index in [2.05, 4.69) is 18.5 Å². The van der Waals surface area contributed by atoms with Crippen molar-refractivity contribution in [1.82, 2.24) is 10.2 Å². The highest BCUT2D eigenvalue weighted by atomic mass is 35.5. The molecule has 3 unspecified atom stereocenters. The van der Waals surface area contributed by atoms with Gasteiger partial charge in [0.15, 0.2) is 0 Å². The highest BCUT2D eigenvalue weighted by Gasteiger charge is 2.61. The minimum Gasteiger partial charge on any atom is -0.479 e. The SMILES string of the molecule is C=CCCCCC[C@H](C(=O)OC(C)(C)C)C(=O)N1Cc2ccc(Oc3cccc(Cl)c3)cc2CC1C(=O)NC1(C(=O)O)CC1C=C. The van der Waals surface area contributed by atoms with Crippen LogP contribution in [-0.2, 0) is 36.9 Å². The Morgan fingerprint density at radius 2 is 1.83 bits per heavy atom. The molecule has 46 heavy (non-hydrogen) atoms. The summed E-state index contributed by atoms with van der Waals surface area (Å²) in [5, 5.41) is 13.2. The number of esters is 1. The molecule has 9 nitrogen and oxygen atoms in total. The second-order valence-corrected chi connectivity index (χ2v) is 13.4. The summed E-state index contributed by atoms with van der Waals surface area (Å²) in [7, 11) is 0. The van der Waals surface area contributed by atoms with Crippen molar-refractivity contribution in [3.05, 3.63) is 83.9 Å². The number of carbonyl (C=O) groups excluding carboxylic acids is 3. The molecule has 2 N–H and O–H groups in total. The number of carbonyl (C=O) groups is 4. The van der Waals surface area contributed by atoms with Crippen LogP contribution >= 0.6 is 11.6 Å². The van der Waals surface area contributed by atoms with Crippen molar-refractivity contribution in [2.45, 2.75) is 89.4 Å². The van der Waals surface area contributed by atoms with E-state index in [0.717, 1.165) is 30.4 Å². The number of nitrogens with one attached hydrogen (secondary N) is 1. The van der Waals surface area contributed by atoms with Crippen molar-refractivity contribution >= 4 is 35.4 Å². The first-order chi connectivity index (χ1) is 21.8. The van der Waals surface area contributed by atoms with Crippen LogP contribution < -0.4 is 10.1 Å². The molecule has 1 aliphatic heterocycles. The van der Waals surface area contributed by atoms with E-state index in [1.54, 1.807) is 57.2 Å². The predicted molar refractivity (Wildman–Crippen MR) is 175 cm³/mol. The number of ether oxygens (including phenoxy) is 2. The van der Waals surface area contributed by atoms with E-state index in [1.165, 1.54) is 11.0 Å². The zero-order valence-electron chi connectivity index (χ0n) is 26.7. The number of aliphatic carboxylic acids is 1. The maximum absolute atomic E-state index is 14.3. The molecule has 10 heteroatoms. The van der Waals surface area contributed by atoms with Crippen LogP contribution in [-0.4, -0.2) is 50.9 Å². The van der Waals surface area contributed by atoms with Gasteiger partial charge in [0.25, 0.3) is 0 Å². The van der Waals surface area contributed by atoms with Crippen LogP contribution in [0.4, 0.5) is 0 Å². The molecule has 4 rings (SSSR count). The van der Waals surface area contributed by atoms with Crippen molar-refractivity contribution in [3.63, 3.8) is 0 Å². The van der Waals surface area contributed by atoms with Crippen LogP contribution in [0.25, 0.3) is 0 Å². The lowest BCUT2D eigenvalue weighted by Gasteiger charge is -2.38. The number of carboxylic acid groups (broad SMARTS) is 1. The molecule has 0 saturated heterocycles. The highest BCUT2D eigenvalue weighted by molar-refractivity contribution is 6.30. The smallest absolute Gasteiger partial charge is 0.330 e. The van der Waals surface area contributed by atoms with E-state index in [9.17, 15) is 24.3 Å². The van der Waals surface area contributed by atoms with Gasteiger partial charge in [0.1, 0.15) is 34.6 Å². The van der Waals surface area contributed by atoms with Crippen molar-refractivity contribution in [2.75, 3.05) is 0 Å². The maximum Gasteiger partial charge on any atom is 0.330 e. The average molecular weight is 651 g/mol. The summed E-state index contributed by atoms with van der Waals surface area (Å²) < 4.78 is 11.7. The van der Waals surface area contributed by atoms with E-state index < -0.39 is 52.8 Å². The van der Waals surface area contributed by atoms with E-state index in [0.29, 0.717) is 22.9 Å². The third-order valence-corrected chi connectivity index (χ3v) is 8.58. The monoisotopic (exact) mass is 650 g/mol. The Hall–Kier alpha value is -4.11. The molecule has 0 aromatic heterocycles. The topological polar surface area (TPSA) is 122 Å². The van der Waals surface area contributed by atoms with Gasteiger partial charge in [-0.1, -0.05) is 48.7 Å². The number of benzene rings is 2. The number of fused-ring (bicyclic) bond motifs is 1. The second-order valence-electron chi connectivity index (χ2n) is 13.0. The van der Waals surface area contributed by atoms with Crippen molar-refractivity contribution in [2.24, 2.45) is 11.8 Å². The van der Waals surface area contributed by atoms with Gasteiger partial charge in [-0.2, -0.15) is 0 Å². The minimum atomic E-state index is -1.49. The molecule has 2 amide bonds. The van der Waals surface area contributed by atoms with Gasteiger partial charge in [-0.25, -0.2) is 4.79 Å². The number of unbranched alkanes of at least 4 members (excludes halogenated alkanes) is 3. The Labute approximate surface area is 275 Å². The summed E-state index contributed by atoms with van der Waals surface area (Å²) in [6.45, 7) is 12.7. The fourth-order valence-electron chi connectivity index (χ4n) is 5.80. The molecule has 2 aromatic carbocycles. The molecule has 1 saturated carbocycles. The van der Waals surface area contributed by atoms with Crippen LogP contribution in [0.1, 0.15) is 70.4 Å². The number of halogens is 1. The number of carboxylic acids is 1. The fraction of sp³-hybridized carbons (Fsp3) is 0.444. The van der Waals surface area contributed by atoms with E-state index in [1.807, 2.05) is 12.1 Å².